The molecule has 0 radical (unpaired) electrons. The number of para-hydroxylation sites is 1. The Hall–Kier alpha value is -1.66. The van der Waals surface area contributed by atoms with E-state index in [1.54, 1.807) is 19.1 Å². The van der Waals surface area contributed by atoms with Crippen LogP contribution in [0.3, 0.4) is 0 Å². The molecule has 1 aromatic rings. The number of halogens is 1. The summed E-state index contributed by atoms with van der Waals surface area (Å²) in [4.78, 5) is 16.7. The van der Waals surface area contributed by atoms with E-state index in [-0.39, 0.29) is 5.69 Å². The topological polar surface area (TPSA) is 59.6 Å². The molecule has 104 valence electrons. The maximum absolute atomic E-state index is 13.5. The lowest BCUT2D eigenvalue weighted by atomic mass is 10.2. The Morgan fingerprint density at radius 3 is 3.00 bits per heavy atom. The molecule has 19 heavy (non-hydrogen) atoms. The Bertz CT molecular complexity index is 427. The molecule has 1 aliphatic heterocycles. The summed E-state index contributed by atoms with van der Waals surface area (Å²) in [6, 6.07) is 3.96. The number of amides is 2. The normalized spacial score (nSPS) is 18.9. The molecule has 0 saturated carbocycles. The average molecular weight is 268 g/mol. The van der Waals surface area contributed by atoms with Crippen LogP contribution in [-0.4, -0.2) is 18.9 Å². The number of urea groups is 1. The highest BCUT2D eigenvalue weighted by Crippen LogP contribution is 2.18. The number of hydrogen-bond acceptors (Lipinski definition) is 3. The van der Waals surface area contributed by atoms with E-state index in [0.29, 0.717) is 12.2 Å². The lowest BCUT2D eigenvalue weighted by Gasteiger charge is -2.22. The van der Waals surface area contributed by atoms with E-state index in [2.05, 4.69) is 10.8 Å². The predicted octanol–water partition coefficient (Wildman–Crippen LogP) is 2.71. The molecule has 1 atom stereocenters. The molecule has 0 unspecified atom stereocenters. The molecule has 0 aromatic heterocycles. The summed E-state index contributed by atoms with van der Waals surface area (Å²) in [6.07, 6.45) is 2.31. The van der Waals surface area contributed by atoms with Crippen molar-refractivity contribution in [1.29, 1.82) is 0 Å². The summed E-state index contributed by atoms with van der Waals surface area (Å²) >= 11 is 0. The summed E-state index contributed by atoms with van der Waals surface area (Å²) in [6.45, 7) is 2.34. The first-order valence-corrected chi connectivity index (χ1v) is 6.26. The number of anilines is 1. The van der Waals surface area contributed by atoms with Crippen LogP contribution in [0, 0.1) is 12.7 Å². The molecular weight excluding hydrogens is 251 g/mol. The number of hydroxylamine groups is 1. The van der Waals surface area contributed by atoms with Gasteiger partial charge in [0.1, 0.15) is 5.82 Å². The van der Waals surface area contributed by atoms with Crippen LogP contribution < -0.4 is 10.8 Å². The molecule has 6 heteroatoms. The van der Waals surface area contributed by atoms with Gasteiger partial charge in [0.25, 0.3) is 0 Å². The molecule has 2 rings (SSSR count). The summed E-state index contributed by atoms with van der Waals surface area (Å²) in [5.74, 6) is -0.482. The van der Waals surface area contributed by atoms with Crippen molar-refractivity contribution in [3.8, 4) is 0 Å². The predicted molar refractivity (Wildman–Crippen MR) is 68.0 cm³/mol. The van der Waals surface area contributed by atoms with E-state index in [1.165, 1.54) is 6.07 Å². The van der Waals surface area contributed by atoms with Gasteiger partial charge < -0.3 is 10.1 Å². The van der Waals surface area contributed by atoms with Crippen LogP contribution in [0.25, 0.3) is 0 Å². The van der Waals surface area contributed by atoms with Crippen molar-refractivity contribution in [2.24, 2.45) is 0 Å². The average Bonchev–Trinajstić information content (AvgIpc) is 2.42. The maximum atomic E-state index is 13.5. The van der Waals surface area contributed by atoms with Crippen LogP contribution >= 0.6 is 0 Å². The quantitative estimate of drug-likeness (QED) is 0.829. The first-order valence-electron chi connectivity index (χ1n) is 6.26. The van der Waals surface area contributed by atoms with Gasteiger partial charge in [-0.05, 0) is 31.4 Å². The van der Waals surface area contributed by atoms with E-state index in [0.717, 1.165) is 19.3 Å². The summed E-state index contributed by atoms with van der Waals surface area (Å²) in [7, 11) is 0. The lowest BCUT2D eigenvalue weighted by Crippen LogP contribution is -2.35. The first-order chi connectivity index (χ1) is 9.16. The van der Waals surface area contributed by atoms with Crippen molar-refractivity contribution in [2.75, 3.05) is 11.9 Å². The third-order valence-corrected chi connectivity index (χ3v) is 2.88. The van der Waals surface area contributed by atoms with Crippen molar-refractivity contribution in [3.05, 3.63) is 29.6 Å². The zero-order chi connectivity index (χ0) is 13.7. The number of hydrogen-bond donors (Lipinski definition) is 2. The fraction of sp³-hybridized carbons (Fsp3) is 0.462. The number of nitrogens with one attached hydrogen (secondary N) is 2. The molecule has 0 aliphatic carbocycles. The van der Waals surface area contributed by atoms with Crippen LogP contribution in [-0.2, 0) is 9.57 Å². The largest absolute Gasteiger partial charge is 0.350 e. The Morgan fingerprint density at radius 1 is 1.47 bits per heavy atom. The summed E-state index contributed by atoms with van der Waals surface area (Å²) < 4.78 is 18.8. The van der Waals surface area contributed by atoms with Gasteiger partial charge in [-0.15, -0.1) is 0 Å². The monoisotopic (exact) mass is 268 g/mol. The van der Waals surface area contributed by atoms with E-state index < -0.39 is 18.1 Å². The van der Waals surface area contributed by atoms with Crippen LogP contribution in [0.1, 0.15) is 24.8 Å². The number of benzene rings is 1. The Balaban J connectivity index is 1.83. The molecule has 0 spiro atoms. The van der Waals surface area contributed by atoms with Crippen molar-refractivity contribution < 1.29 is 18.8 Å². The number of carbonyl (C=O) groups is 1. The molecular formula is C13H17FN2O3. The molecule has 5 nitrogen and oxygen atoms in total. The van der Waals surface area contributed by atoms with E-state index in [4.69, 9.17) is 9.57 Å². The zero-order valence-electron chi connectivity index (χ0n) is 10.7. The van der Waals surface area contributed by atoms with Gasteiger partial charge in [-0.2, -0.15) is 0 Å². The van der Waals surface area contributed by atoms with Gasteiger partial charge in [0.05, 0.1) is 5.69 Å². The fourth-order valence-corrected chi connectivity index (χ4v) is 1.85. The van der Waals surface area contributed by atoms with Gasteiger partial charge >= 0.3 is 6.03 Å². The minimum absolute atomic E-state index is 0.146. The van der Waals surface area contributed by atoms with Crippen LogP contribution in [0.4, 0.5) is 14.9 Å². The second-order valence-corrected chi connectivity index (χ2v) is 4.40. The smallest absolute Gasteiger partial charge is 0.343 e. The fourth-order valence-electron chi connectivity index (χ4n) is 1.85. The van der Waals surface area contributed by atoms with Crippen molar-refractivity contribution in [3.63, 3.8) is 0 Å². The molecule has 1 aromatic carbocycles. The van der Waals surface area contributed by atoms with E-state index in [1.807, 2.05) is 0 Å². The van der Waals surface area contributed by atoms with E-state index in [9.17, 15) is 9.18 Å². The molecule has 2 N–H and O–H groups in total. The third-order valence-electron chi connectivity index (χ3n) is 2.88. The van der Waals surface area contributed by atoms with Crippen LogP contribution in [0.2, 0.25) is 0 Å². The molecule has 1 saturated heterocycles. The Labute approximate surface area is 111 Å². The number of aryl methyl sites for hydroxylation is 1. The molecule has 1 fully saturated rings. The third kappa shape index (κ3) is 3.90. The van der Waals surface area contributed by atoms with Crippen LogP contribution in [0.5, 0.6) is 0 Å². The summed E-state index contributed by atoms with van der Waals surface area (Å²) in [5, 5.41) is 2.41. The van der Waals surface area contributed by atoms with Gasteiger partial charge in [0.2, 0.25) is 0 Å². The molecule has 2 amide bonds. The minimum Gasteiger partial charge on any atom is -0.350 e. The number of ether oxygens (including phenoxy) is 1. The van der Waals surface area contributed by atoms with Gasteiger partial charge in [0.15, 0.2) is 6.29 Å². The molecule has 1 aliphatic rings. The van der Waals surface area contributed by atoms with Crippen LogP contribution in [0.15, 0.2) is 18.2 Å². The Kier molecular flexibility index (Phi) is 4.70. The zero-order valence-corrected chi connectivity index (χ0v) is 10.7. The van der Waals surface area contributed by atoms with Gasteiger partial charge in [0, 0.05) is 13.0 Å². The Morgan fingerprint density at radius 2 is 2.32 bits per heavy atom. The maximum Gasteiger partial charge on any atom is 0.343 e. The summed E-state index contributed by atoms with van der Waals surface area (Å²) in [5.41, 5.74) is 3.00. The first kappa shape index (κ1) is 13.8. The van der Waals surface area contributed by atoms with Gasteiger partial charge in [-0.1, -0.05) is 12.1 Å². The van der Waals surface area contributed by atoms with E-state index >= 15 is 0 Å². The minimum atomic E-state index is -0.623. The second kappa shape index (κ2) is 6.49. The van der Waals surface area contributed by atoms with Crippen molar-refractivity contribution in [2.45, 2.75) is 32.5 Å². The van der Waals surface area contributed by atoms with Gasteiger partial charge in [-0.3, -0.25) is 0 Å². The highest BCUT2D eigenvalue weighted by atomic mass is 19.1. The number of rotatable bonds is 3. The highest BCUT2D eigenvalue weighted by molar-refractivity contribution is 5.89. The number of carbonyl (C=O) groups excluding carboxylic acids is 1. The molecule has 1 heterocycles. The standard InChI is InChI=1S/C13H17FN2O3/c1-9-5-4-6-10(14)12(9)15-13(17)16-19-11-7-2-3-8-18-11/h4-6,11H,2-3,7-8H2,1H3,(H2,15,16,17)/t11-/m0/s1. The second-order valence-electron chi connectivity index (χ2n) is 4.40. The lowest BCUT2D eigenvalue weighted by molar-refractivity contribution is -0.185. The SMILES string of the molecule is Cc1cccc(F)c1NC(=O)NO[C@H]1CCCCO1. The van der Waals surface area contributed by atoms with Gasteiger partial charge in [-0.25, -0.2) is 19.5 Å². The highest BCUT2D eigenvalue weighted by Gasteiger charge is 2.16. The molecule has 0 bridgehead atoms. The van der Waals surface area contributed by atoms with Crippen molar-refractivity contribution in [1.82, 2.24) is 5.48 Å². The van der Waals surface area contributed by atoms with Crippen molar-refractivity contribution >= 4 is 11.7 Å².